The van der Waals surface area contributed by atoms with Gasteiger partial charge in [0, 0.05) is 0 Å². The van der Waals surface area contributed by atoms with Crippen molar-refractivity contribution in [3.63, 3.8) is 0 Å². The Hall–Kier alpha value is -0.650. The monoisotopic (exact) mass is 310 g/mol. The molecule has 1 saturated heterocycles. The first-order chi connectivity index (χ1) is 9.70. The highest BCUT2D eigenvalue weighted by atomic mass is 16.7. The molecule has 0 bridgehead atoms. The van der Waals surface area contributed by atoms with Gasteiger partial charge in [-0.15, -0.1) is 0 Å². The summed E-state index contributed by atoms with van der Waals surface area (Å²) >= 11 is 0. The Morgan fingerprint density at radius 2 is 1.67 bits per heavy atom. The quantitative estimate of drug-likeness (QED) is 0.274. The van der Waals surface area contributed by atoms with E-state index < -0.39 is 55.1 Å². The summed E-state index contributed by atoms with van der Waals surface area (Å²) in [5.41, 5.74) is 0. The number of carbonyl (C=O) groups is 1. The van der Waals surface area contributed by atoms with E-state index in [0.29, 0.717) is 0 Å². The standard InChI is InChI=1S/C12H22O9/c1-4(14)11(8(17)6(15)3-13)21-12-10(19)9(18)7(16)5(2)20-12/h3-12,14-19H,1-2H3. The van der Waals surface area contributed by atoms with Crippen molar-refractivity contribution in [2.75, 3.05) is 0 Å². The molecule has 21 heavy (non-hydrogen) atoms. The van der Waals surface area contributed by atoms with E-state index in [4.69, 9.17) is 9.47 Å². The van der Waals surface area contributed by atoms with Gasteiger partial charge in [0.2, 0.25) is 0 Å². The highest BCUT2D eigenvalue weighted by Gasteiger charge is 2.45. The van der Waals surface area contributed by atoms with Crippen molar-refractivity contribution < 1.29 is 44.9 Å². The number of carbonyl (C=O) groups excluding carboxylic acids is 1. The maximum atomic E-state index is 10.5. The lowest BCUT2D eigenvalue weighted by molar-refractivity contribution is -0.318. The molecule has 0 aromatic carbocycles. The Morgan fingerprint density at radius 1 is 1.10 bits per heavy atom. The summed E-state index contributed by atoms with van der Waals surface area (Å²) in [6.07, 6.45) is -13.0. The van der Waals surface area contributed by atoms with Crippen LogP contribution in [0, 0.1) is 0 Å². The number of hydrogen-bond donors (Lipinski definition) is 6. The molecule has 0 aliphatic carbocycles. The Morgan fingerprint density at radius 3 is 2.14 bits per heavy atom. The summed E-state index contributed by atoms with van der Waals surface area (Å²) in [5, 5.41) is 57.5. The van der Waals surface area contributed by atoms with Gasteiger partial charge in [0.15, 0.2) is 12.6 Å². The van der Waals surface area contributed by atoms with Gasteiger partial charge < -0.3 is 44.9 Å². The van der Waals surface area contributed by atoms with Crippen LogP contribution < -0.4 is 0 Å². The number of aliphatic hydroxyl groups excluding tert-OH is 6. The average molecular weight is 310 g/mol. The lowest BCUT2D eigenvalue weighted by Gasteiger charge is -2.41. The number of ether oxygens (including phenoxy) is 2. The van der Waals surface area contributed by atoms with E-state index in [2.05, 4.69) is 0 Å². The molecule has 6 N–H and O–H groups in total. The minimum atomic E-state index is -1.79. The molecule has 0 spiro atoms. The zero-order valence-electron chi connectivity index (χ0n) is 11.7. The summed E-state index contributed by atoms with van der Waals surface area (Å²) in [7, 11) is 0. The lowest BCUT2D eigenvalue weighted by Crippen LogP contribution is -2.59. The van der Waals surface area contributed by atoms with Crippen LogP contribution in [0.3, 0.4) is 0 Å². The third-order valence-electron chi connectivity index (χ3n) is 3.40. The van der Waals surface area contributed by atoms with Gasteiger partial charge in [0.1, 0.15) is 36.6 Å². The van der Waals surface area contributed by atoms with E-state index in [1.807, 2.05) is 0 Å². The summed E-state index contributed by atoms with van der Waals surface area (Å²) in [4.78, 5) is 10.5. The van der Waals surface area contributed by atoms with Crippen LogP contribution in [0.5, 0.6) is 0 Å². The van der Waals surface area contributed by atoms with Crippen LogP contribution in [-0.4, -0.2) is 92.0 Å². The zero-order valence-corrected chi connectivity index (χ0v) is 11.7. The zero-order chi connectivity index (χ0) is 16.3. The first-order valence-corrected chi connectivity index (χ1v) is 6.55. The van der Waals surface area contributed by atoms with Gasteiger partial charge in [-0.05, 0) is 13.8 Å². The summed E-state index contributed by atoms with van der Waals surface area (Å²) in [5.74, 6) is 0. The van der Waals surface area contributed by atoms with Gasteiger partial charge in [-0.25, -0.2) is 0 Å². The Balaban J connectivity index is 2.81. The summed E-state index contributed by atoms with van der Waals surface area (Å²) in [6.45, 7) is 2.68. The van der Waals surface area contributed by atoms with Gasteiger partial charge in [-0.1, -0.05) is 0 Å². The van der Waals surface area contributed by atoms with Crippen LogP contribution in [0.15, 0.2) is 0 Å². The molecule has 9 heteroatoms. The van der Waals surface area contributed by atoms with E-state index >= 15 is 0 Å². The largest absolute Gasteiger partial charge is 0.391 e. The van der Waals surface area contributed by atoms with Gasteiger partial charge >= 0.3 is 0 Å². The summed E-state index contributed by atoms with van der Waals surface area (Å²) < 4.78 is 10.3. The second-order valence-corrected chi connectivity index (χ2v) is 5.14. The fourth-order valence-corrected chi connectivity index (χ4v) is 2.04. The molecule has 124 valence electrons. The van der Waals surface area contributed by atoms with Crippen molar-refractivity contribution >= 4 is 6.29 Å². The molecule has 9 unspecified atom stereocenters. The molecule has 0 aromatic heterocycles. The second kappa shape index (κ2) is 7.56. The first-order valence-electron chi connectivity index (χ1n) is 6.55. The van der Waals surface area contributed by atoms with Crippen LogP contribution in [0.2, 0.25) is 0 Å². The van der Waals surface area contributed by atoms with E-state index in [-0.39, 0.29) is 6.29 Å². The SMILES string of the molecule is CC(O)C(OC1OC(C)C(O)C(O)C1O)C(O)C(O)C=O. The molecule has 1 fully saturated rings. The van der Waals surface area contributed by atoms with E-state index in [1.54, 1.807) is 0 Å². The van der Waals surface area contributed by atoms with Crippen molar-refractivity contribution in [1.29, 1.82) is 0 Å². The second-order valence-electron chi connectivity index (χ2n) is 5.14. The van der Waals surface area contributed by atoms with Crippen LogP contribution in [0.25, 0.3) is 0 Å². The molecule has 0 amide bonds. The van der Waals surface area contributed by atoms with E-state index in [9.17, 15) is 35.4 Å². The lowest BCUT2D eigenvalue weighted by atomic mass is 9.99. The maximum absolute atomic E-state index is 10.5. The normalized spacial score (nSPS) is 39.3. The van der Waals surface area contributed by atoms with Crippen molar-refractivity contribution in [1.82, 2.24) is 0 Å². The predicted octanol–water partition coefficient (Wildman–Crippen LogP) is -3.50. The number of hydrogen-bond acceptors (Lipinski definition) is 9. The van der Waals surface area contributed by atoms with E-state index in [1.165, 1.54) is 13.8 Å². The van der Waals surface area contributed by atoms with Crippen LogP contribution in [0.4, 0.5) is 0 Å². The first kappa shape index (κ1) is 18.4. The Kier molecular flexibility index (Phi) is 6.63. The molecule has 0 aromatic rings. The molecule has 1 aliphatic heterocycles. The smallest absolute Gasteiger partial charge is 0.187 e. The summed E-state index contributed by atoms with van der Waals surface area (Å²) in [6, 6.07) is 0. The van der Waals surface area contributed by atoms with Gasteiger partial charge in [-0.2, -0.15) is 0 Å². The number of aliphatic hydroxyl groups is 6. The molecule has 1 rings (SSSR count). The fourth-order valence-electron chi connectivity index (χ4n) is 2.04. The Bertz CT molecular complexity index is 337. The van der Waals surface area contributed by atoms with Crippen LogP contribution in [0.1, 0.15) is 13.8 Å². The number of rotatable bonds is 6. The maximum Gasteiger partial charge on any atom is 0.187 e. The van der Waals surface area contributed by atoms with Gasteiger partial charge in [-0.3, -0.25) is 0 Å². The van der Waals surface area contributed by atoms with Crippen molar-refractivity contribution in [3.05, 3.63) is 0 Å². The molecule has 9 nitrogen and oxygen atoms in total. The van der Waals surface area contributed by atoms with Crippen LogP contribution in [-0.2, 0) is 14.3 Å². The topological polar surface area (TPSA) is 157 Å². The highest BCUT2D eigenvalue weighted by Crippen LogP contribution is 2.24. The van der Waals surface area contributed by atoms with Gasteiger partial charge in [0.05, 0.1) is 12.2 Å². The average Bonchev–Trinajstić information content (AvgIpc) is 2.45. The van der Waals surface area contributed by atoms with Crippen molar-refractivity contribution in [2.24, 2.45) is 0 Å². The van der Waals surface area contributed by atoms with Crippen molar-refractivity contribution in [3.8, 4) is 0 Å². The molecule has 0 radical (unpaired) electrons. The molecular formula is C12H22O9. The third-order valence-corrected chi connectivity index (χ3v) is 3.40. The minimum Gasteiger partial charge on any atom is -0.391 e. The minimum absolute atomic E-state index is 0.0722. The molecular weight excluding hydrogens is 288 g/mol. The Labute approximate surface area is 121 Å². The molecule has 1 aliphatic rings. The fraction of sp³-hybridized carbons (Fsp3) is 0.917. The third kappa shape index (κ3) is 4.18. The molecule has 1 heterocycles. The van der Waals surface area contributed by atoms with Gasteiger partial charge in [0.25, 0.3) is 0 Å². The predicted molar refractivity (Wildman–Crippen MR) is 67.0 cm³/mol. The molecule has 9 atom stereocenters. The van der Waals surface area contributed by atoms with Crippen LogP contribution >= 0.6 is 0 Å². The highest BCUT2D eigenvalue weighted by molar-refractivity contribution is 5.56. The van der Waals surface area contributed by atoms with E-state index in [0.717, 1.165) is 0 Å². The van der Waals surface area contributed by atoms with Crippen molar-refractivity contribution in [2.45, 2.75) is 69.0 Å². The number of aldehydes is 1. The molecule has 0 saturated carbocycles.